The van der Waals surface area contributed by atoms with Crippen molar-refractivity contribution in [2.45, 2.75) is 0 Å². The quantitative estimate of drug-likeness (QED) is 0.166. The molecular weight excluding hydrogens is 793 g/mol. The van der Waals surface area contributed by atoms with Crippen molar-refractivity contribution < 1.29 is 0 Å². The number of thiophene rings is 1. The molecule has 9 heteroatoms. The van der Waals surface area contributed by atoms with E-state index in [2.05, 4.69) is 124 Å². The van der Waals surface area contributed by atoms with Gasteiger partial charge in [0.1, 0.15) is 0 Å². The lowest BCUT2D eigenvalue weighted by atomic mass is 10.1. The van der Waals surface area contributed by atoms with Crippen molar-refractivity contribution in [1.29, 1.82) is 0 Å². The standard InChI is InChI=1S/C54H32N8S/c1-4-16-33(17-5-1)49-55-50(34-18-6-2-7-19-34)58-53(57-49)61-42-25-13-10-22-37(42)41-32-36(28-30-44(41)61)52-56-51(35-20-8-3-9-21-35)59-54(60-52)62-43-26-14-11-24-40(43)47-45(62)31-29-39-38-23-12-15-27-46(38)63-48(39)47/h1-32H. The van der Waals surface area contributed by atoms with E-state index < -0.39 is 0 Å². The molecule has 0 bridgehead atoms. The molecule has 63 heavy (non-hydrogen) atoms. The zero-order valence-electron chi connectivity index (χ0n) is 33.5. The monoisotopic (exact) mass is 824 g/mol. The van der Waals surface area contributed by atoms with E-state index in [0.29, 0.717) is 35.2 Å². The Morgan fingerprint density at radius 3 is 1.35 bits per heavy atom. The largest absolute Gasteiger partial charge is 0.278 e. The number of aromatic nitrogens is 8. The highest BCUT2D eigenvalue weighted by Gasteiger charge is 2.22. The molecule has 0 atom stereocenters. The molecule has 294 valence electrons. The van der Waals surface area contributed by atoms with Crippen LogP contribution in [-0.4, -0.2) is 39.0 Å². The van der Waals surface area contributed by atoms with Gasteiger partial charge >= 0.3 is 0 Å². The Balaban J connectivity index is 1.04. The van der Waals surface area contributed by atoms with Gasteiger partial charge in [-0.1, -0.05) is 152 Å². The van der Waals surface area contributed by atoms with E-state index in [1.54, 1.807) is 0 Å². The maximum absolute atomic E-state index is 5.34. The van der Waals surface area contributed by atoms with E-state index in [1.807, 2.05) is 90.2 Å². The Hall–Kier alpha value is -8.40. The summed E-state index contributed by atoms with van der Waals surface area (Å²) >= 11 is 1.84. The number of hydrogen-bond acceptors (Lipinski definition) is 7. The van der Waals surface area contributed by atoms with Crippen molar-refractivity contribution >= 4 is 75.1 Å². The molecule has 0 saturated heterocycles. The maximum atomic E-state index is 5.34. The molecule has 0 unspecified atom stereocenters. The predicted molar refractivity (Wildman–Crippen MR) is 257 cm³/mol. The summed E-state index contributed by atoms with van der Waals surface area (Å²) in [6.07, 6.45) is 0. The average molecular weight is 825 g/mol. The maximum Gasteiger partial charge on any atom is 0.238 e. The first-order chi connectivity index (χ1) is 31.2. The summed E-state index contributed by atoms with van der Waals surface area (Å²) in [7, 11) is 0. The number of rotatable bonds is 6. The van der Waals surface area contributed by atoms with Gasteiger partial charge in [0.2, 0.25) is 11.9 Å². The third-order valence-corrected chi connectivity index (χ3v) is 13.1. The second-order valence-electron chi connectivity index (χ2n) is 15.5. The second kappa shape index (κ2) is 14.1. The lowest BCUT2D eigenvalue weighted by Gasteiger charge is -2.12. The first kappa shape index (κ1) is 35.4. The van der Waals surface area contributed by atoms with Gasteiger partial charge in [-0.05, 0) is 42.5 Å². The van der Waals surface area contributed by atoms with Crippen LogP contribution in [0.2, 0.25) is 0 Å². The van der Waals surface area contributed by atoms with Crippen LogP contribution in [0.5, 0.6) is 0 Å². The lowest BCUT2D eigenvalue weighted by molar-refractivity contribution is 0.952. The summed E-state index contributed by atoms with van der Waals surface area (Å²) in [6.45, 7) is 0. The van der Waals surface area contributed by atoms with Gasteiger partial charge in [0.15, 0.2) is 23.3 Å². The molecule has 13 aromatic rings. The first-order valence-corrected chi connectivity index (χ1v) is 21.6. The van der Waals surface area contributed by atoms with E-state index >= 15 is 0 Å². The van der Waals surface area contributed by atoms with Crippen LogP contribution < -0.4 is 0 Å². The molecule has 13 rings (SSSR count). The van der Waals surface area contributed by atoms with E-state index in [4.69, 9.17) is 29.9 Å². The number of hydrogen-bond donors (Lipinski definition) is 0. The molecule has 0 fully saturated rings. The van der Waals surface area contributed by atoms with Crippen molar-refractivity contribution in [3.8, 4) is 57.4 Å². The van der Waals surface area contributed by atoms with Crippen LogP contribution in [0.15, 0.2) is 194 Å². The fourth-order valence-corrected chi connectivity index (χ4v) is 10.2. The summed E-state index contributed by atoms with van der Waals surface area (Å²) in [6, 6.07) is 66.8. The molecule has 0 amide bonds. The van der Waals surface area contributed by atoms with Crippen LogP contribution in [0.1, 0.15) is 0 Å². The summed E-state index contributed by atoms with van der Waals surface area (Å²) in [5, 5.41) is 6.97. The van der Waals surface area contributed by atoms with Gasteiger partial charge in [-0.15, -0.1) is 11.3 Å². The van der Waals surface area contributed by atoms with Gasteiger partial charge in [-0.25, -0.2) is 9.97 Å². The average Bonchev–Trinajstić information content (AvgIpc) is 4.02. The van der Waals surface area contributed by atoms with E-state index in [1.165, 1.54) is 25.6 Å². The summed E-state index contributed by atoms with van der Waals surface area (Å²) in [5.74, 6) is 3.47. The Bertz CT molecular complexity index is 3850. The molecule has 8 nitrogen and oxygen atoms in total. The summed E-state index contributed by atoms with van der Waals surface area (Å²) < 4.78 is 6.86. The highest BCUT2D eigenvalue weighted by Crippen LogP contribution is 2.43. The Labute approximate surface area is 364 Å². The number of fused-ring (bicyclic) bond motifs is 10. The van der Waals surface area contributed by atoms with Crippen LogP contribution in [0.25, 0.3) is 121 Å². The lowest BCUT2D eigenvalue weighted by Crippen LogP contribution is -2.07. The Morgan fingerprint density at radius 1 is 0.302 bits per heavy atom. The topological polar surface area (TPSA) is 87.2 Å². The normalized spacial score (nSPS) is 11.8. The minimum absolute atomic E-state index is 0.537. The van der Waals surface area contributed by atoms with Crippen LogP contribution in [-0.2, 0) is 0 Å². The summed E-state index contributed by atoms with van der Waals surface area (Å²) in [4.78, 5) is 31.0. The minimum Gasteiger partial charge on any atom is -0.278 e. The van der Waals surface area contributed by atoms with Crippen molar-refractivity contribution in [2.75, 3.05) is 0 Å². The smallest absolute Gasteiger partial charge is 0.238 e. The molecule has 0 saturated carbocycles. The fraction of sp³-hybridized carbons (Fsp3) is 0. The molecule has 0 aliphatic heterocycles. The van der Waals surface area contributed by atoms with Gasteiger partial charge in [-0.2, -0.15) is 19.9 Å². The first-order valence-electron chi connectivity index (χ1n) is 20.8. The Kier molecular flexibility index (Phi) is 7.91. The van der Waals surface area contributed by atoms with E-state index in [-0.39, 0.29) is 0 Å². The molecule has 0 N–H and O–H groups in total. The van der Waals surface area contributed by atoms with Gasteiger partial charge in [0.25, 0.3) is 0 Å². The zero-order chi connectivity index (χ0) is 41.4. The van der Waals surface area contributed by atoms with Gasteiger partial charge in [0.05, 0.1) is 22.1 Å². The molecule has 0 spiro atoms. The van der Waals surface area contributed by atoms with Gasteiger partial charge in [-0.3, -0.25) is 9.13 Å². The third kappa shape index (κ3) is 5.67. The fourth-order valence-electron chi connectivity index (χ4n) is 8.99. The van der Waals surface area contributed by atoms with Crippen LogP contribution in [0.3, 0.4) is 0 Å². The zero-order valence-corrected chi connectivity index (χ0v) is 34.3. The van der Waals surface area contributed by atoms with Crippen molar-refractivity contribution in [3.05, 3.63) is 194 Å². The highest BCUT2D eigenvalue weighted by molar-refractivity contribution is 7.26. The van der Waals surface area contributed by atoms with Gasteiger partial charge in [0, 0.05) is 64.0 Å². The summed E-state index contributed by atoms with van der Waals surface area (Å²) in [5.41, 5.74) is 7.62. The molecule has 0 radical (unpaired) electrons. The molecule has 5 heterocycles. The van der Waals surface area contributed by atoms with Crippen molar-refractivity contribution in [3.63, 3.8) is 0 Å². The molecular formula is C54H32N8S. The van der Waals surface area contributed by atoms with Crippen molar-refractivity contribution in [1.82, 2.24) is 39.0 Å². The van der Waals surface area contributed by atoms with Crippen LogP contribution in [0.4, 0.5) is 0 Å². The third-order valence-electron chi connectivity index (χ3n) is 11.9. The number of para-hydroxylation sites is 2. The Morgan fingerprint density at radius 2 is 0.746 bits per heavy atom. The minimum atomic E-state index is 0.537. The number of nitrogens with zero attached hydrogens (tertiary/aromatic N) is 8. The molecule has 5 aromatic heterocycles. The molecule has 8 aromatic carbocycles. The van der Waals surface area contributed by atoms with E-state index in [0.717, 1.165) is 60.5 Å². The van der Waals surface area contributed by atoms with Crippen LogP contribution in [0, 0.1) is 0 Å². The molecule has 0 aliphatic carbocycles. The van der Waals surface area contributed by atoms with E-state index in [9.17, 15) is 0 Å². The second-order valence-corrected chi connectivity index (χ2v) is 16.6. The van der Waals surface area contributed by atoms with Crippen LogP contribution >= 0.6 is 11.3 Å². The molecule has 0 aliphatic rings. The van der Waals surface area contributed by atoms with Gasteiger partial charge < -0.3 is 0 Å². The highest BCUT2D eigenvalue weighted by atomic mass is 32.1. The predicted octanol–water partition coefficient (Wildman–Crippen LogP) is 13.3. The number of benzene rings is 8. The van der Waals surface area contributed by atoms with Crippen molar-refractivity contribution in [2.24, 2.45) is 0 Å². The SMILES string of the molecule is c1ccc(-c2nc(-c3ccccc3)nc(-n3c4ccccc4c4cc(-c5nc(-c6ccccc6)nc(-n6c7ccccc7c7c8sc9ccccc9c8ccc76)n5)ccc43)n2)cc1.